The number of pyridine rings is 1. The Kier molecular flexibility index (Phi) is 4.74. The highest BCUT2D eigenvalue weighted by Gasteiger charge is 2.19. The lowest BCUT2D eigenvalue weighted by atomic mass is 9.94. The molecule has 20 heavy (non-hydrogen) atoms. The van der Waals surface area contributed by atoms with Gasteiger partial charge >= 0.3 is 0 Å². The summed E-state index contributed by atoms with van der Waals surface area (Å²) in [7, 11) is 1.72. The maximum Gasteiger partial charge on any atom is 0.124 e. The van der Waals surface area contributed by atoms with Gasteiger partial charge in [-0.15, -0.1) is 0 Å². The molecule has 3 nitrogen and oxygen atoms in total. The van der Waals surface area contributed by atoms with Crippen LogP contribution in [0.15, 0.2) is 36.7 Å². The fourth-order valence-corrected chi connectivity index (χ4v) is 2.45. The van der Waals surface area contributed by atoms with Crippen molar-refractivity contribution in [2.24, 2.45) is 0 Å². The molecule has 0 bridgehead atoms. The molecule has 106 valence electrons. The second-order valence-corrected chi connectivity index (χ2v) is 4.97. The van der Waals surface area contributed by atoms with Crippen LogP contribution in [0.2, 0.25) is 0 Å². The van der Waals surface area contributed by atoms with Gasteiger partial charge < -0.3 is 10.1 Å². The highest BCUT2D eigenvalue weighted by atomic mass is 16.5. The summed E-state index contributed by atoms with van der Waals surface area (Å²) < 4.78 is 5.53. The Hall–Kier alpha value is -1.87. The monoisotopic (exact) mass is 270 g/mol. The van der Waals surface area contributed by atoms with Crippen LogP contribution < -0.4 is 10.1 Å². The Balaban J connectivity index is 2.54. The molecule has 1 atom stereocenters. The van der Waals surface area contributed by atoms with Crippen molar-refractivity contribution in [3.63, 3.8) is 0 Å². The van der Waals surface area contributed by atoms with Crippen LogP contribution in [0.3, 0.4) is 0 Å². The lowest BCUT2D eigenvalue weighted by Gasteiger charge is -2.23. The van der Waals surface area contributed by atoms with Crippen molar-refractivity contribution in [2.75, 3.05) is 13.7 Å². The van der Waals surface area contributed by atoms with E-state index in [1.54, 1.807) is 7.11 Å². The highest BCUT2D eigenvalue weighted by Crippen LogP contribution is 2.31. The van der Waals surface area contributed by atoms with E-state index >= 15 is 0 Å². The van der Waals surface area contributed by atoms with Crippen molar-refractivity contribution >= 4 is 0 Å². The van der Waals surface area contributed by atoms with Crippen molar-refractivity contribution in [3.8, 4) is 5.75 Å². The van der Waals surface area contributed by atoms with Crippen molar-refractivity contribution in [1.82, 2.24) is 10.3 Å². The normalized spacial score (nSPS) is 12.2. The Morgan fingerprint density at radius 2 is 2.00 bits per heavy atom. The number of ether oxygens (including phenoxy) is 1. The molecule has 1 N–H and O–H groups in total. The second kappa shape index (κ2) is 6.53. The number of rotatable bonds is 5. The number of benzene rings is 1. The van der Waals surface area contributed by atoms with E-state index in [2.05, 4.69) is 43.2 Å². The van der Waals surface area contributed by atoms with E-state index in [1.165, 1.54) is 16.7 Å². The molecule has 1 aromatic carbocycles. The first-order valence-electron chi connectivity index (χ1n) is 6.95. The summed E-state index contributed by atoms with van der Waals surface area (Å²) in [5.41, 5.74) is 4.81. The SMILES string of the molecule is CCNC(c1cnccc1C)c1cc(C)ccc1OC. The lowest BCUT2D eigenvalue weighted by Crippen LogP contribution is -2.23. The third kappa shape index (κ3) is 2.99. The molecule has 0 radical (unpaired) electrons. The number of hydrogen-bond acceptors (Lipinski definition) is 3. The lowest BCUT2D eigenvalue weighted by molar-refractivity contribution is 0.404. The summed E-state index contributed by atoms with van der Waals surface area (Å²) in [6.07, 6.45) is 3.76. The third-order valence-electron chi connectivity index (χ3n) is 3.50. The Morgan fingerprint density at radius 3 is 2.65 bits per heavy atom. The molecule has 0 fully saturated rings. The molecule has 1 unspecified atom stereocenters. The minimum atomic E-state index is 0.101. The number of aromatic nitrogens is 1. The van der Waals surface area contributed by atoms with E-state index in [4.69, 9.17) is 4.74 Å². The molecule has 1 heterocycles. The molecule has 2 rings (SSSR count). The number of nitrogens with zero attached hydrogens (tertiary/aromatic N) is 1. The molecule has 0 spiro atoms. The molecule has 0 aliphatic rings. The highest BCUT2D eigenvalue weighted by molar-refractivity contribution is 5.45. The zero-order valence-electron chi connectivity index (χ0n) is 12.6. The van der Waals surface area contributed by atoms with Crippen LogP contribution in [-0.4, -0.2) is 18.6 Å². The molecular formula is C17H22N2O. The zero-order valence-corrected chi connectivity index (χ0v) is 12.6. The molecule has 1 aromatic heterocycles. The molecule has 0 saturated heterocycles. The van der Waals surface area contributed by atoms with Gasteiger partial charge in [0, 0.05) is 18.0 Å². The molecule has 0 saturated carbocycles. The van der Waals surface area contributed by atoms with Crippen LogP contribution in [0.5, 0.6) is 5.75 Å². The first kappa shape index (κ1) is 14.5. The molecule has 0 aliphatic carbocycles. The predicted molar refractivity (Wildman–Crippen MR) is 82.2 cm³/mol. The number of nitrogens with one attached hydrogen (secondary N) is 1. The summed E-state index contributed by atoms with van der Waals surface area (Å²) in [5.74, 6) is 0.907. The topological polar surface area (TPSA) is 34.2 Å². The molecular weight excluding hydrogens is 248 g/mol. The van der Waals surface area contributed by atoms with Crippen molar-refractivity contribution in [3.05, 3.63) is 58.9 Å². The summed E-state index contributed by atoms with van der Waals surface area (Å²) >= 11 is 0. The van der Waals surface area contributed by atoms with E-state index in [1.807, 2.05) is 24.5 Å². The largest absolute Gasteiger partial charge is 0.496 e. The van der Waals surface area contributed by atoms with Gasteiger partial charge in [-0.3, -0.25) is 4.98 Å². The minimum absolute atomic E-state index is 0.101. The molecule has 0 amide bonds. The average Bonchev–Trinajstić information content (AvgIpc) is 2.46. The number of hydrogen-bond donors (Lipinski definition) is 1. The smallest absolute Gasteiger partial charge is 0.124 e. The average molecular weight is 270 g/mol. The van der Waals surface area contributed by atoms with Crippen LogP contribution in [0.4, 0.5) is 0 Å². The van der Waals surface area contributed by atoms with Crippen LogP contribution in [-0.2, 0) is 0 Å². The Bertz CT molecular complexity index is 581. The van der Waals surface area contributed by atoms with Gasteiger partial charge in [-0.05, 0) is 43.7 Å². The van der Waals surface area contributed by atoms with E-state index in [0.29, 0.717) is 0 Å². The first-order chi connectivity index (χ1) is 9.67. The standard InChI is InChI=1S/C17H22N2O/c1-5-19-17(15-11-18-9-8-13(15)3)14-10-12(2)6-7-16(14)20-4/h6-11,17,19H,5H2,1-4H3. The van der Waals surface area contributed by atoms with Gasteiger partial charge in [0.05, 0.1) is 13.2 Å². The number of aryl methyl sites for hydroxylation is 2. The van der Waals surface area contributed by atoms with Crippen molar-refractivity contribution < 1.29 is 4.74 Å². The van der Waals surface area contributed by atoms with Crippen molar-refractivity contribution in [2.45, 2.75) is 26.8 Å². The fraction of sp³-hybridized carbons (Fsp3) is 0.353. The maximum absolute atomic E-state index is 5.53. The Morgan fingerprint density at radius 1 is 1.20 bits per heavy atom. The van der Waals surface area contributed by atoms with E-state index in [9.17, 15) is 0 Å². The predicted octanol–water partition coefficient (Wildman–Crippen LogP) is 3.41. The van der Waals surface area contributed by atoms with Crippen LogP contribution >= 0.6 is 0 Å². The van der Waals surface area contributed by atoms with E-state index in [0.717, 1.165) is 17.9 Å². The van der Waals surface area contributed by atoms with Gasteiger partial charge in [-0.1, -0.05) is 24.6 Å². The summed E-state index contributed by atoms with van der Waals surface area (Å²) in [4.78, 5) is 4.27. The van der Waals surface area contributed by atoms with Gasteiger partial charge in [0.15, 0.2) is 0 Å². The van der Waals surface area contributed by atoms with Gasteiger partial charge in [-0.2, -0.15) is 0 Å². The summed E-state index contributed by atoms with van der Waals surface area (Å²) in [6.45, 7) is 7.21. The van der Waals surface area contributed by atoms with Crippen molar-refractivity contribution in [1.29, 1.82) is 0 Å². The molecule has 3 heteroatoms. The quantitative estimate of drug-likeness (QED) is 0.904. The third-order valence-corrected chi connectivity index (χ3v) is 3.50. The van der Waals surface area contributed by atoms with Gasteiger partial charge in [0.2, 0.25) is 0 Å². The summed E-state index contributed by atoms with van der Waals surface area (Å²) in [6, 6.07) is 8.42. The molecule has 2 aromatic rings. The second-order valence-electron chi connectivity index (χ2n) is 4.97. The van der Waals surface area contributed by atoms with Crippen LogP contribution in [0.25, 0.3) is 0 Å². The van der Waals surface area contributed by atoms with E-state index < -0.39 is 0 Å². The summed E-state index contributed by atoms with van der Waals surface area (Å²) in [5, 5.41) is 3.54. The zero-order chi connectivity index (χ0) is 14.5. The Labute approximate surface area is 121 Å². The van der Waals surface area contributed by atoms with Crippen LogP contribution in [0, 0.1) is 13.8 Å². The number of methoxy groups -OCH3 is 1. The van der Waals surface area contributed by atoms with Gasteiger partial charge in [0.1, 0.15) is 5.75 Å². The van der Waals surface area contributed by atoms with E-state index in [-0.39, 0.29) is 6.04 Å². The molecule has 0 aliphatic heterocycles. The fourth-order valence-electron chi connectivity index (χ4n) is 2.45. The van der Waals surface area contributed by atoms with Crippen LogP contribution in [0.1, 0.15) is 35.2 Å². The van der Waals surface area contributed by atoms with Gasteiger partial charge in [0.25, 0.3) is 0 Å². The van der Waals surface area contributed by atoms with Gasteiger partial charge in [-0.25, -0.2) is 0 Å². The first-order valence-corrected chi connectivity index (χ1v) is 6.95. The minimum Gasteiger partial charge on any atom is -0.496 e. The maximum atomic E-state index is 5.53.